The zero-order chi connectivity index (χ0) is 18.9. The van der Waals surface area contributed by atoms with Crippen molar-refractivity contribution in [1.82, 2.24) is 24.2 Å². The number of aromatic nitrogens is 4. The fraction of sp³-hybridized carbons (Fsp3) is 0.273. The Kier molecular flexibility index (Phi) is 4.43. The summed E-state index contributed by atoms with van der Waals surface area (Å²) in [5.74, 6) is 0. The number of ether oxygens (including phenoxy) is 1. The van der Waals surface area contributed by atoms with Gasteiger partial charge in [0.2, 0.25) is 0 Å². The number of rotatable bonds is 4. The maximum Gasteiger partial charge on any atom is 0.100 e. The molecule has 0 bridgehead atoms. The molecule has 1 aliphatic rings. The molecule has 2 aromatic carbocycles. The number of morpholine rings is 1. The van der Waals surface area contributed by atoms with Crippen LogP contribution in [0.15, 0.2) is 61.2 Å². The molecule has 2 aromatic heterocycles. The van der Waals surface area contributed by atoms with Crippen LogP contribution in [0.4, 0.5) is 0 Å². The number of nitrogens with zero attached hydrogens (tertiary/aromatic N) is 5. The zero-order valence-corrected chi connectivity index (χ0v) is 16.0. The molecule has 28 heavy (non-hydrogen) atoms. The van der Waals surface area contributed by atoms with Gasteiger partial charge >= 0.3 is 0 Å². The number of fused-ring (bicyclic) bond motifs is 1. The Bertz CT molecular complexity index is 1090. The van der Waals surface area contributed by atoms with Gasteiger partial charge in [0.15, 0.2) is 0 Å². The molecule has 6 heteroatoms. The van der Waals surface area contributed by atoms with Crippen molar-refractivity contribution < 1.29 is 4.74 Å². The number of hydrogen-bond donors (Lipinski definition) is 0. The van der Waals surface area contributed by atoms with E-state index in [9.17, 15) is 0 Å². The summed E-state index contributed by atoms with van der Waals surface area (Å²) < 4.78 is 9.40. The van der Waals surface area contributed by atoms with Crippen molar-refractivity contribution in [3.63, 3.8) is 0 Å². The Morgan fingerprint density at radius 1 is 1.00 bits per heavy atom. The van der Waals surface area contributed by atoms with Crippen LogP contribution in [0, 0.1) is 0 Å². The van der Waals surface area contributed by atoms with Crippen molar-refractivity contribution in [2.45, 2.75) is 6.54 Å². The lowest BCUT2D eigenvalue weighted by molar-refractivity contribution is 0.0342. The summed E-state index contributed by atoms with van der Waals surface area (Å²) in [7, 11) is 1.94. The van der Waals surface area contributed by atoms with E-state index in [0.29, 0.717) is 0 Å². The van der Waals surface area contributed by atoms with E-state index < -0.39 is 0 Å². The van der Waals surface area contributed by atoms with E-state index in [1.54, 1.807) is 0 Å². The van der Waals surface area contributed by atoms with Gasteiger partial charge in [0.05, 0.1) is 30.4 Å². The highest BCUT2D eigenvalue weighted by Gasteiger charge is 2.11. The predicted molar refractivity (Wildman–Crippen MR) is 109 cm³/mol. The average molecular weight is 373 g/mol. The Labute approximate surface area is 164 Å². The minimum absolute atomic E-state index is 0.832. The van der Waals surface area contributed by atoms with Crippen molar-refractivity contribution in [2.75, 3.05) is 26.3 Å². The Morgan fingerprint density at radius 3 is 2.57 bits per heavy atom. The number of hydrogen-bond acceptors (Lipinski definition) is 4. The summed E-state index contributed by atoms with van der Waals surface area (Å²) in [6.45, 7) is 4.65. The van der Waals surface area contributed by atoms with Crippen molar-refractivity contribution in [3.05, 3.63) is 66.7 Å². The van der Waals surface area contributed by atoms with Gasteiger partial charge in [0.1, 0.15) is 6.33 Å². The summed E-state index contributed by atoms with van der Waals surface area (Å²) in [6, 6.07) is 15.1. The van der Waals surface area contributed by atoms with Gasteiger partial charge in [-0.2, -0.15) is 5.10 Å². The first-order valence-corrected chi connectivity index (χ1v) is 9.62. The standard InChI is InChI=1S/C22H23N5O/c1-25-15-19(13-24-25)18-4-7-21-22(12-18)27(16-23-21)20-5-2-17(3-6-20)14-26-8-10-28-11-9-26/h2-7,12-13,15-16H,8-11,14H2,1H3. The van der Waals surface area contributed by atoms with Crippen molar-refractivity contribution in [3.8, 4) is 16.8 Å². The van der Waals surface area contributed by atoms with E-state index in [2.05, 4.69) is 62.0 Å². The lowest BCUT2D eigenvalue weighted by Crippen LogP contribution is -2.35. The molecule has 0 N–H and O–H groups in total. The molecule has 6 nitrogen and oxygen atoms in total. The van der Waals surface area contributed by atoms with Gasteiger partial charge in [0.25, 0.3) is 0 Å². The minimum atomic E-state index is 0.832. The lowest BCUT2D eigenvalue weighted by atomic mass is 10.1. The third-order valence-electron chi connectivity index (χ3n) is 5.31. The number of aryl methyl sites for hydroxylation is 1. The predicted octanol–water partition coefficient (Wildman–Crippen LogP) is 3.26. The molecule has 1 fully saturated rings. The Hall–Kier alpha value is -2.96. The van der Waals surface area contributed by atoms with E-state index in [0.717, 1.165) is 60.7 Å². The monoisotopic (exact) mass is 373 g/mol. The molecule has 1 aliphatic heterocycles. The van der Waals surface area contributed by atoms with Gasteiger partial charge < -0.3 is 4.74 Å². The van der Waals surface area contributed by atoms with Gasteiger partial charge in [-0.25, -0.2) is 4.98 Å². The summed E-state index contributed by atoms with van der Waals surface area (Å²) in [4.78, 5) is 7.01. The fourth-order valence-corrected chi connectivity index (χ4v) is 3.74. The first-order chi connectivity index (χ1) is 13.8. The average Bonchev–Trinajstić information content (AvgIpc) is 3.35. The second-order valence-corrected chi connectivity index (χ2v) is 7.28. The molecular weight excluding hydrogens is 350 g/mol. The number of benzene rings is 2. The van der Waals surface area contributed by atoms with Gasteiger partial charge in [-0.15, -0.1) is 0 Å². The van der Waals surface area contributed by atoms with Crippen LogP contribution in [0.3, 0.4) is 0 Å². The van der Waals surface area contributed by atoms with E-state index in [4.69, 9.17) is 4.74 Å². The van der Waals surface area contributed by atoms with Crippen LogP contribution in [-0.2, 0) is 18.3 Å². The SMILES string of the molecule is Cn1cc(-c2ccc3ncn(-c4ccc(CN5CCOCC5)cc4)c3c2)cn1. The molecular formula is C22H23N5O. The van der Waals surface area contributed by atoms with Gasteiger partial charge in [0, 0.05) is 44.1 Å². The van der Waals surface area contributed by atoms with E-state index in [-0.39, 0.29) is 0 Å². The second-order valence-electron chi connectivity index (χ2n) is 7.28. The molecule has 0 unspecified atom stereocenters. The highest BCUT2D eigenvalue weighted by Crippen LogP contribution is 2.25. The van der Waals surface area contributed by atoms with Crippen LogP contribution >= 0.6 is 0 Å². The molecule has 1 saturated heterocycles. The molecule has 0 spiro atoms. The van der Waals surface area contributed by atoms with E-state index in [1.165, 1.54) is 5.56 Å². The summed E-state index contributed by atoms with van der Waals surface area (Å²) >= 11 is 0. The van der Waals surface area contributed by atoms with Gasteiger partial charge in [-0.1, -0.05) is 18.2 Å². The van der Waals surface area contributed by atoms with E-state index in [1.807, 2.05) is 30.5 Å². The fourth-order valence-electron chi connectivity index (χ4n) is 3.74. The molecule has 3 heterocycles. The molecule has 0 saturated carbocycles. The van der Waals surface area contributed by atoms with Crippen molar-refractivity contribution in [1.29, 1.82) is 0 Å². The normalized spacial score (nSPS) is 15.3. The van der Waals surface area contributed by atoms with Gasteiger partial charge in [-0.05, 0) is 35.4 Å². The molecule has 142 valence electrons. The maximum atomic E-state index is 5.43. The number of imidazole rings is 1. The largest absolute Gasteiger partial charge is 0.379 e. The molecule has 5 rings (SSSR count). The van der Waals surface area contributed by atoms with Crippen LogP contribution in [0.5, 0.6) is 0 Å². The third kappa shape index (κ3) is 3.32. The summed E-state index contributed by atoms with van der Waals surface area (Å²) in [5.41, 5.74) is 6.79. The Balaban J connectivity index is 1.43. The van der Waals surface area contributed by atoms with Gasteiger partial charge in [-0.3, -0.25) is 14.1 Å². The first kappa shape index (κ1) is 17.2. The quantitative estimate of drug-likeness (QED) is 0.551. The van der Waals surface area contributed by atoms with Crippen LogP contribution in [0.25, 0.3) is 27.8 Å². The second kappa shape index (κ2) is 7.22. The van der Waals surface area contributed by atoms with E-state index >= 15 is 0 Å². The summed E-state index contributed by atoms with van der Waals surface area (Å²) in [5, 5.41) is 4.28. The molecule has 0 amide bonds. The first-order valence-electron chi connectivity index (χ1n) is 9.62. The minimum Gasteiger partial charge on any atom is -0.379 e. The maximum absolute atomic E-state index is 5.43. The molecule has 4 aromatic rings. The molecule has 0 atom stereocenters. The third-order valence-corrected chi connectivity index (χ3v) is 5.31. The molecule has 0 aliphatic carbocycles. The zero-order valence-electron chi connectivity index (χ0n) is 16.0. The molecule has 0 radical (unpaired) electrons. The smallest absolute Gasteiger partial charge is 0.100 e. The topological polar surface area (TPSA) is 48.1 Å². The lowest BCUT2D eigenvalue weighted by Gasteiger charge is -2.26. The van der Waals surface area contributed by atoms with Crippen LogP contribution < -0.4 is 0 Å². The summed E-state index contributed by atoms with van der Waals surface area (Å²) in [6.07, 6.45) is 5.82. The highest BCUT2D eigenvalue weighted by molar-refractivity contribution is 5.83. The highest BCUT2D eigenvalue weighted by atomic mass is 16.5. The van der Waals surface area contributed by atoms with Crippen LogP contribution in [0.2, 0.25) is 0 Å². The van der Waals surface area contributed by atoms with Crippen LogP contribution in [0.1, 0.15) is 5.56 Å². The van der Waals surface area contributed by atoms with Crippen molar-refractivity contribution in [2.24, 2.45) is 7.05 Å². The Morgan fingerprint density at radius 2 is 1.82 bits per heavy atom. The van der Waals surface area contributed by atoms with Crippen LogP contribution in [-0.4, -0.2) is 50.5 Å². The van der Waals surface area contributed by atoms with Crippen molar-refractivity contribution >= 4 is 11.0 Å².